The van der Waals surface area contributed by atoms with E-state index >= 15 is 0 Å². The van der Waals surface area contributed by atoms with E-state index in [1.165, 1.54) is 37.5 Å². The van der Waals surface area contributed by atoms with Crippen LogP contribution in [0.5, 0.6) is 11.5 Å². The maximum absolute atomic E-state index is 13.4. The monoisotopic (exact) mass is 499 g/mol. The minimum Gasteiger partial charge on any atom is -0.457 e. The van der Waals surface area contributed by atoms with Gasteiger partial charge in [-0.3, -0.25) is 14.6 Å². The molecule has 3 aromatic rings. The second-order valence-corrected chi connectivity index (χ2v) is 7.11. The van der Waals surface area contributed by atoms with E-state index in [9.17, 15) is 27.6 Å². The summed E-state index contributed by atoms with van der Waals surface area (Å²) in [7, 11) is 1.48. The Morgan fingerprint density at radius 1 is 0.917 bits per heavy atom. The first-order valence-corrected chi connectivity index (χ1v) is 10.3. The Bertz CT molecular complexity index is 1290. The van der Waals surface area contributed by atoms with Gasteiger partial charge < -0.3 is 26.0 Å². The average Bonchev–Trinajstić information content (AvgIpc) is 2.85. The molecule has 0 bridgehead atoms. The van der Waals surface area contributed by atoms with Gasteiger partial charge in [0, 0.05) is 30.7 Å². The maximum atomic E-state index is 13.4. The molecule has 0 atom stereocenters. The van der Waals surface area contributed by atoms with Gasteiger partial charge >= 0.3 is 12.2 Å². The Kier molecular flexibility index (Phi) is 7.89. The number of aromatic nitrogens is 1. The number of alkyl halides is 3. The molecule has 0 aliphatic rings. The summed E-state index contributed by atoms with van der Waals surface area (Å²) >= 11 is 0. The molecule has 1 aromatic heterocycles. The normalized spacial score (nSPS) is 10.7. The van der Waals surface area contributed by atoms with Crippen LogP contribution in [0.25, 0.3) is 0 Å². The lowest BCUT2D eigenvalue weighted by Gasteiger charge is -2.15. The molecule has 186 valence electrons. The van der Waals surface area contributed by atoms with E-state index in [1.807, 2.05) is 0 Å². The van der Waals surface area contributed by atoms with Crippen molar-refractivity contribution in [2.24, 2.45) is 0 Å². The molecule has 0 unspecified atom stereocenters. The summed E-state index contributed by atoms with van der Waals surface area (Å²) in [6.07, 6.45) is -2.51. The van der Waals surface area contributed by atoms with Gasteiger partial charge in [-0.25, -0.2) is 4.79 Å². The molecule has 3 rings (SSSR count). The van der Waals surface area contributed by atoms with Crippen LogP contribution in [-0.2, 0) is 11.0 Å². The zero-order chi connectivity index (χ0) is 26.3. The SMILES string of the molecule is C=CC(=O)Nc1ccc(NC(=O)Nc2ccc(Oc3ccnc(C(=O)NC)c3)cc2)cc1C(F)(F)F. The number of nitrogens with zero attached hydrogens (tertiary/aromatic N) is 1. The molecule has 0 fully saturated rings. The molecule has 0 saturated heterocycles. The average molecular weight is 499 g/mol. The van der Waals surface area contributed by atoms with Crippen LogP contribution >= 0.6 is 0 Å². The van der Waals surface area contributed by atoms with Gasteiger partial charge in [-0.15, -0.1) is 0 Å². The van der Waals surface area contributed by atoms with Gasteiger partial charge in [-0.1, -0.05) is 6.58 Å². The topological polar surface area (TPSA) is 121 Å². The van der Waals surface area contributed by atoms with Crippen LogP contribution in [-0.4, -0.2) is 29.9 Å². The molecule has 1 heterocycles. The number of benzene rings is 2. The summed E-state index contributed by atoms with van der Waals surface area (Å²) < 4.78 is 45.9. The van der Waals surface area contributed by atoms with Crippen molar-refractivity contribution in [3.8, 4) is 11.5 Å². The Morgan fingerprint density at radius 2 is 1.58 bits per heavy atom. The Labute approximate surface area is 203 Å². The number of hydrogen-bond acceptors (Lipinski definition) is 5. The smallest absolute Gasteiger partial charge is 0.418 e. The van der Waals surface area contributed by atoms with E-state index in [0.29, 0.717) is 23.3 Å². The molecule has 0 spiro atoms. The number of pyridine rings is 1. The molecule has 0 aliphatic heterocycles. The molecular weight excluding hydrogens is 479 g/mol. The van der Waals surface area contributed by atoms with E-state index < -0.39 is 29.4 Å². The number of carbonyl (C=O) groups excluding carboxylic acids is 3. The van der Waals surface area contributed by atoms with E-state index in [1.54, 1.807) is 18.2 Å². The van der Waals surface area contributed by atoms with Crippen molar-refractivity contribution in [1.29, 1.82) is 0 Å². The largest absolute Gasteiger partial charge is 0.457 e. The number of anilines is 3. The Morgan fingerprint density at radius 3 is 2.22 bits per heavy atom. The summed E-state index contributed by atoms with van der Waals surface area (Å²) in [4.78, 5) is 39.3. The third kappa shape index (κ3) is 6.82. The van der Waals surface area contributed by atoms with Crippen molar-refractivity contribution in [2.45, 2.75) is 6.18 Å². The van der Waals surface area contributed by atoms with Gasteiger partial charge in [0.05, 0.1) is 11.3 Å². The van der Waals surface area contributed by atoms with Gasteiger partial charge in [-0.05, 0) is 54.6 Å². The van der Waals surface area contributed by atoms with Crippen LogP contribution in [0.4, 0.5) is 35.0 Å². The molecular formula is C24H20F3N5O4. The quantitative estimate of drug-likeness (QED) is 0.340. The highest BCUT2D eigenvalue weighted by Gasteiger charge is 2.34. The number of hydrogen-bond donors (Lipinski definition) is 4. The van der Waals surface area contributed by atoms with Crippen molar-refractivity contribution < 1.29 is 32.3 Å². The molecule has 0 saturated carbocycles. The number of halogens is 3. The van der Waals surface area contributed by atoms with Gasteiger partial charge in [0.1, 0.15) is 17.2 Å². The summed E-state index contributed by atoms with van der Waals surface area (Å²) in [6.45, 7) is 3.20. The second kappa shape index (κ2) is 11.0. The number of carbonyl (C=O) groups is 3. The molecule has 12 heteroatoms. The van der Waals surface area contributed by atoms with E-state index in [-0.39, 0.29) is 17.3 Å². The highest BCUT2D eigenvalue weighted by molar-refractivity contribution is 6.01. The van der Waals surface area contributed by atoms with E-state index in [0.717, 1.165) is 12.1 Å². The number of urea groups is 1. The highest BCUT2D eigenvalue weighted by atomic mass is 19.4. The number of nitrogens with one attached hydrogen (secondary N) is 4. The van der Waals surface area contributed by atoms with E-state index in [2.05, 4.69) is 32.8 Å². The molecule has 36 heavy (non-hydrogen) atoms. The fourth-order valence-corrected chi connectivity index (χ4v) is 2.91. The molecule has 2 aromatic carbocycles. The first-order chi connectivity index (χ1) is 17.1. The number of rotatable bonds is 7. The lowest BCUT2D eigenvalue weighted by Crippen LogP contribution is -2.20. The van der Waals surface area contributed by atoms with Crippen molar-refractivity contribution in [3.63, 3.8) is 0 Å². The van der Waals surface area contributed by atoms with Gasteiger partial charge in [0.25, 0.3) is 5.91 Å². The zero-order valence-corrected chi connectivity index (χ0v) is 18.8. The van der Waals surface area contributed by atoms with Crippen LogP contribution in [0.2, 0.25) is 0 Å². The fourth-order valence-electron chi connectivity index (χ4n) is 2.91. The molecule has 0 radical (unpaired) electrons. The first kappa shape index (κ1) is 25.7. The highest BCUT2D eigenvalue weighted by Crippen LogP contribution is 2.36. The Hall–Kier alpha value is -4.87. The summed E-state index contributed by atoms with van der Waals surface area (Å²) in [5, 5.41) is 9.35. The van der Waals surface area contributed by atoms with Gasteiger partial charge in [-0.2, -0.15) is 13.2 Å². The number of amides is 4. The predicted octanol–water partition coefficient (Wildman–Crippen LogP) is 5.02. The fraction of sp³-hybridized carbons (Fsp3) is 0.0833. The maximum Gasteiger partial charge on any atom is 0.418 e. The minimum absolute atomic E-state index is 0.138. The summed E-state index contributed by atoms with van der Waals surface area (Å²) in [6, 6.07) is 11.3. The van der Waals surface area contributed by atoms with Crippen LogP contribution in [0.15, 0.2) is 73.4 Å². The molecule has 4 amide bonds. The van der Waals surface area contributed by atoms with Crippen molar-refractivity contribution in [3.05, 3.63) is 84.7 Å². The molecule has 4 N–H and O–H groups in total. The number of ether oxygens (including phenoxy) is 1. The Balaban J connectivity index is 1.65. The zero-order valence-electron chi connectivity index (χ0n) is 18.8. The van der Waals surface area contributed by atoms with Crippen LogP contribution in [0, 0.1) is 0 Å². The van der Waals surface area contributed by atoms with Crippen molar-refractivity contribution in [2.75, 3.05) is 23.0 Å². The van der Waals surface area contributed by atoms with Crippen LogP contribution < -0.4 is 26.0 Å². The second-order valence-electron chi connectivity index (χ2n) is 7.11. The lowest BCUT2D eigenvalue weighted by atomic mass is 10.1. The molecule has 9 nitrogen and oxygen atoms in total. The van der Waals surface area contributed by atoms with Crippen molar-refractivity contribution >= 4 is 34.9 Å². The van der Waals surface area contributed by atoms with Crippen molar-refractivity contribution in [1.82, 2.24) is 10.3 Å². The van der Waals surface area contributed by atoms with Crippen LogP contribution in [0.1, 0.15) is 16.1 Å². The molecule has 0 aliphatic carbocycles. The predicted molar refractivity (Wildman–Crippen MR) is 127 cm³/mol. The summed E-state index contributed by atoms with van der Waals surface area (Å²) in [5.74, 6) is -0.399. The third-order valence-corrected chi connectivity index (χ3v) is 4.57. The van der Waals surface area contributed by atoms with Gasteiger partial charge in [0.2, 0.25) is 5.91 Å². The summed E-state index contributed by atoms with van der Waals surface area (Å²) in [5.41, 5.74) is -1.22. The van der Waals surface area contributed by atoms with E-state index in [4.69, 9.17) is 4.74 Å². The third-order valence-electron chi connectivity index (χ3n) is 4.57. The standard InChI is InChI=1S/C24H20F3N5O4/c1-3-21(33)32-19-9-6-15(12-18(19)24(25,26)27)31-23(35)30-14-4-7-16(8-5-14)36-17-10-11-29-20(13-17)22(34)28-2/h3-13H,1H2,2H3,(H,28,34)(H,32,33)(H2,30,31,35). The van der Waals surface area contributed by atoms with Gasteiger partial charge in [0.15, 0.2) is 0 Å². The lowest BCUT2D eigenvalue weighted by molar-refractivity contribution is -0.136. The minimum atomic E-state index is -4.77. The van der Waals surface area contributed by atoms with Crippen LogP contribution in [0.3, 0.4) is 0 Å². The first-order valence-electron chi connectivity index (χ1n) is 10.3.